The van der Waals surface area contributed by atoms with E-state index in [9.17, 15) is 0 Å². The topological polar surface area (TPSA) is 29.3 Å². The summed E-state index contributed by atoms with van der Waals surface area (Å²) in [6.07, 6.45) is 4.46. The Hall–Kier alpha value is -0.730. The second-order valence-electron chi connectivity index (χ2n) is 6.39. The monoisotopic (exact) mass is 294 g/mol. The summed E-state index contributed by atoms with van der Waals surface area (Å²) in [6, 6.07) is 7.16. The van der Waals surface area contributed by atoms with Crippen LogP contribution in [0.25, 0.3) is 0 Å². The van der Waals surface area contributed by atoms with Crippen LogP contribution in [0.5, 0.6) is 0 Å². The summed E-state index contributed by atoms with van der Waals surface area (Å²) in [7, 11) is 0. The fourth-order valence-corrected chi connectivity index (χ4v) is 2.90. The lowest BCUT2D eigenvalue weighted by Crippen LogP contribution is -2.32. The highest BCUT2D eigenvalue weighted by molar-refractivity contribution is 6.31. The molecule has 0 amide bonds. The van der Waals surface area contributed by atoms with Gasteiger partial charge in [0.1, 0.15) is 0 Å². The van der Waals surface area contributed by atoms with E-state index in [1.807, 2.05) is 6.07 Å². The summed E-state index contributed by atoms with van der Waals surface area (Å²) in [5, 5.41) is 0.862. The maximum Gasteiger partial charge on any atom is 0.0459 e. The Bertz CT molecular complexity index is 441. The molecule has 3 heteroatoms. The van der Waals surface area contributed by atoms with Crippen LogP contribution in [0.15, 0.2) is 18.2 Å². The number of benzene rings is 1. The standard InChI is InChI=1S/C17H27ClN2/c1-4-13(19)10-15-16(18)6-5-7-17(15)20(11-12(2)3)14-8-9-14/h5-7,12-14H,4,8-11,19H2,1-3H3. The van der Waals surface area contributed by atoms with Crippen LogP contribution in [0, 0.1) is 5.92 Å². The van der Waals surface area contributed by atoms with Gasteiger partial charge in [-0.3, -0.25) is 0 Å². The van der Waals surface area contributed by atoms with Crippen molar-refractivity contribution in [2.24, 2.45) is 11.7 Å². The zero-order chi connectivity index (χ0) is 14.7. The zero-order valence-electron chi connectivity index (χ0n) is 12.9. The normalized spacial score (nSPS) is 16.5. The van der Waals surface area contributed by atoms with Crippen LogP contribution >= 0.6 is 11.6 Å². The maximum absolute atomic E-state index is 6.45. The minimum absolute atomic E-state index is 0.189. The van der Waals surface area contributed by atoms with E-state index in [0.717, 1.165) is 24.4 Å². The predicted molar refractivity (Wildman–Crippen MR) is 88.6 cm³/mol. The van der Waals surface area contributed by atoms with Crippen molar-refractivity contribution >= 4 is 17.3 Å². The van der Waals surface area contributed by atoms with Crippen LogP contribution in [0.1, 0.15) is 45.6 Å². The first-order valence-electron chi connectivity index (χ1n) is 7.82. The molecule has 0 bridgehead atoms. The summed E-state index contributed by atoms with van der Waals surface area (Å²) in [5.41, 5.74) is 8.69. The minimum Gasteiger partial charge on any atom is -0.368 e. The summed E-state index contributed by atoms with van der Waals surface area (Å²) in [4.78, 5) is 2.55. The van der Waals surface area contributed by atoms with Crippen molar-refractivity contribution in [1.82, 2.24) is 0 Å². The molecule has 1 aliphatic rings. The third-order valence-corrected chi connectivity index (χ3v) is 4.30. The fourth-order valence-electron chi connectivity index (χ4n) is 2.65. The lowest BCUT2D eigenvalue weighted by atomic mass is 10.0. The summed E-state index contributed by atoms with van der Waals surface area (Å²) in [5.74, 6) is 0.655. The number of nitrogens with two attached hydrogens (primary N) is 1. The van der Waals surface area contributed by atoms with Gasteiger partial charge >= 0.3 is 0 Å². The molecule has 20 heavy (non-hydrogen) atoms. The Morgan fingerprint density at radius 1 is 1.35 bits per heavy atom. The van der Waals surface area contributed by atoms with Gasteiger partial charge in [-0.1, -0.05) is 38.4 Å². The largest absolute Gasteiger partial charge is 0.368 e. The highest BCUT2D eigenvalue weighted by Crippen LogP contribution is 2.37. The van der Waals surface area contributed by atoms with Crippen LogP contribution in [-0.2, 0) is 6.42 Å². The molecular weight excluding hydrogens is 268 g/mol. The van der Waals surface area contributed by atoms with Gasteiger partial charge in [0.05, 0.1) is 0 Å². The SMILES string of the molecule is CCC(N)Cc1c(Cl)cccc1N(CC(C)C)C1CC1. The molecule has 2 rings (SSSR count). The molecule has 1 aliphatic carbocycles. The molecule has 2 nitrogen and oxygen atoms in total. The highest BCUT2D eigenvalue weighted by Gasteiger charge is 2.31. The van der Waals surface area contributed by atoms with Crippen molar-refractivity contribution in [3.8, 4) is 0 Å². The summed E-state index contributed by atoms with van der Waals surface area (Å²) < 4.78 is 0. The van der Waals surface area contributed by atoms with E-state index in [1.165, 1.54) is 24.1 Å². The first-order valence-corrected chi connectivity index (χ1v) is 8.20. The molecule has 0 heterocycles. The zero-order valence-corrected chi connectivity index (χ0v) is 13.7. The molecule has 0 aliphatic heterocycles. The Balaban J connectivity index is 2.30. The van der Waals surface area contributed by atoms with Crippen molar-refractivity contribution < 1.29 is 0 Å². The van der Waals surface area contributed by atoms with E-state index in [0.29, 0.717) is 12.0 Å². The summed E-state index contributed by atoms with van der Waals surface area (Å²) in [6.45, 7) is 7.78. The van der Waals surface area contributed by atoms with Crippen LogP contribution in [0.2, 0.25) is 5.02 Å². The molecule has 1 unspecified atom stereocenters. The third-order valence-electron chi connectivity index (χ3n) is 3.94. The van der Waals surface area contributed by atoms with Crippen LogP contribution in [0.3, 0.4) is 0 Å². The number of halogens is 1. The van der Waals surface area contributed by atoms with E-state index in [4.69, 9.17) is 17.3 Å². The second-order valence-corrected chi connectivity index (χ2v) is 6.79. The lowest BCUT2D eigenvalue weighted by Gasteiger charge is -2.30. The van der Waals surface area contributed by atoms with E-state index in [-0.39, 0.29) is 6.04 Å². The van der Waals surface area contributed by atoms with Crippen molar-refractivity contribution in [3.63, 3.8) is 0 Å². The second kappa shape index (κ2) is 6.82. The maximum atomic E-state index is 6.45. The molecule has 1 saturated carbocycles. The Morgan fingerprint density at radius 3 is 2.60 bits per heavy atom. The van der Waals surface area contributed by atoms with Gasteiger partial charge in [-0.25, -0.2) is 0 Å². The lowest BCUT2D eigenvalue weighted by molar-refractivity contribution is 0.600. The van der Waals surface area contributed by atoms with Gasteiger partial charge in [0, 0.05) is 29.3 Å². The predicted octanol–water partition coefficient (Wildman–Crippen LogP) is 4.24. The molecule has 0 aromatic heterocycles. The van der Waals surface area contributed by atoms with Crippen molar-refractivity contribution in [2.45, 2.75) is 58.5 Å². The molecule has 112 valence electrons. The van der Waals surface area contributed by atoms with E-state index in [2.05, 4.69) is 37.8 Å². The van der Waals surface area contributed by atoms with Gasteiger partial charge in [0.25, 0.3) is 0 Å². The molecule has 1 fully saturated rings. The Labute approximate surface area is 128 Å². The van der Waals surface area contributed by atoms with Crippen LogP contribution < -0.4 is 10.6 Å². The van der Waals surface area contributed by atoms with Crippen LogP contribution in [0.4, 0.5) is 5.69 Å². The van der Waals surface area contributed by atoms with E-state index < -0.39 is 0 Å². The average molecular weight is 295 g/mol. The molecule has 0 saturated heterocycles. The van der Waals surface area contributed by atoms with Gasteiger partial charge < -0.3 is 10.6 Å². The highest BCUT2D eigenvalue weighted by atomic mass is 35.5. The quantitative estimate of drug-likeness (QED) is 0.815. The average Bonchev–Trinajstić information content (AvgIpc) is 3.22. The third kappa shape index (κ3) is 3.89. The van der Waals surface area contributed by atoms with Gasteiger partial charge in [-0.15, -0.1) is 0 Å². The molecular formula is C17H27ClN2. The number of rotatable bonds is 7. The number of anilines is 1. The molecule has 0 radical (unpaired) electrons. The van der Waals surface area contributed by atoms with Gasteiger partial charge in [0.15, 0.2) is 0 Å². The van der Waals surface area contributed by atoms with Crippen molar-refractivity contribution in [3.05, 3.63) is 28.8 Å². The van der Waals surface area contributed by atoms with Gasteiger partial charge in [-0.2, -0.15) is 0 Å². The molecule has 1 aromatic rings. The van der Waals surface area contributed by atoms with Gasteiger partial charge in [-0.05, 0) is 49.3 Å². The first-order chi connectivity index (χ1) is 9.52. The van der Waals surface area contributed by atoms with Crippen molar-refractivity contribution in [1.29, 1.82) is 0 Å². The number of nitrogens with zero attached hydrogens (tertiary/aromatic N) is 1. The van der Waals surface area contributed by atoms with E-state index in [1.54, 1.807) is 0 Å². The number of hydrogen-bond donors (Lipinski definition) is 1. The number of hydrogen-bond acceptors (Lipinski definition) is 2. The smallest absolute Gasteiger partial charge is 0.0459 e. The molecule has 1 aromatic carbocycles. The van der Waals surface area contributed by atoms with E-state index >= 15 is 0 Å². The summed E-state index contributed by atoms with van der Waals surface area (Å²) >= 11 is 6.45. The first kappa shape index (κ1) is 15.7. The fraction of sp³-hybridized carbons (Fsp3) is 0.647. The van der Waals surface area contributed by atoms with Crippen LogP contribution in [-0.4, -0.2) is 18.6 Å². The Morgan fingerprint density at radius 2 is 2.05 bits per heavy atom. The Kier molecular flexibility index (Phi) is 5.34. The van der Waals surface area contributed by atoms with Gasteiger partial charge in [0.2, 0.25) is 0 Å². The molecule has 0 spiro atoms. The molecule has 1 atom stereocenters. The van der Waals surface area contributed by atoms with Crippen molar-refractivity contribution in [2.75, 3.05) is 11.4 Å². The molecule has 2 N–H and O–H groups in total. The minimum atomic E-state index is 0.189.